The summed E-state index contributed by atoms with van der Waals surface area (Å²) in [6, 6.07) is 1.43. The SMILES string of the molecule is O=[N+]([O-])c1cc(C(F)(F)F)c(Cl)c([N+](=O)[O-])c1Nc1ncc(Cl)cc1Br. The van der Waals surface area contributed by atoms with Gasteiger partial charge in [0.15, 0.2) is 5.69 Å². The maximum atomic E-state index is 13.0. The highest BCUT2D eigenvalue weighted by atomic mass is 79.9. The lowest BCUT2D eigenvalue weighted by Gasteiger charge is -2.13. The second kappa shape index (κ2) is 7.21. The third kappa shape index (κ3) is 3.97. The van der Waals surface area contributed by atoms with Crippen molar-refractivity contribution < 1.29 is 23.0 Å². The first-order chi connectivity index (χ1) is 11.9. The number of benzene rings is 1. The Kier molecular flexibility index (Phi) is 5.58. The van der Waals surface area contributed by atoms with Crippen LogP contribution in [0.3, 0.4) is 0 Å². The van der Waals surface area contributed by atoms with E-state index < -0.39 is 43.7 Å². The van der Waals surface area contributed by atoms with Crippen LogP contribution in [0.1, 0.15) is 5.56 Å². The quantitative estimate of drug-likeness (QED) is 0.446. The Bertz CT molecular complexity index is 926. The Hall–Kier alpha value is -2.18. The van der Waals surface area contributed by atoms with Crippen LogP contribution in [0, 0.1) is 20.2 Å². The van der Waals surface area contributed by atoms with Crippen LogP contribution in [-0.2, 0) is 6.18 Å². The zero-order chi connectivity index (χ0) is 19.8. The molecular weight excluding hydrogens is 472 g/mol. The van der Waals surface area contributed by atoms with E-state index in [1.807, 2.05) is 0 Å². The van der Waals surface area contributed by atoms with Gasteiger partial charge in [-0.2, -0.15) is 13.2 Å². The fourth-order valence-corrected chi connectivity index (χ4v) is 2.96. The molecule has 0 bridgehead atoms. The minimum atomic E-state index is -5.13. The summed E-state index contributed by atoms with van der Waals surface area (Å²) in [5.41, 5.74) is -5.06. The summed E-state index contributed by atoms with van der Waals surface area (Å²) in [5, 5.41) is 23.6. The number of pyridine rings is 1. The van der Waals surface area contributed by atoms with Crippen LogP contribution in [0.5, 0.6) is 0 Å². The van der Waals surface area contributed by atoms with Crippen molar-refractivity contribution in [2.75, 3.05) is 5.32 Å². The molecule has 1 heterocycles. The largest absolute Gasteiger partial charge is 0.418 e. The molecule has 0 aliphatic heterocycles. The van der Waals surface area contributed by atoms with Gasteiger partial charge in [-0.1, -0.05) is 23.2 Å². The first kappa shape index (κ1) is 20.1. The van der Waals surface area contributed by atoms with Crippen molar-refractivity contribution in [2.24, 2.45) is 0 Å². The van der Waals surface area contributed by atoms with E-state index in [4.69, 9.17) is 23.2 Å². The number of rotatable bonds is 4. The molecule has 1 aromatic carbocycles. The second-order valence-corrected chi connectivity index (χ2v) is 6.27. The molecule has 0 aliphatic carbocycles. The zero-order valence-corrected chi connectivity index (χ0v) is 15.1. The molecule has 2 rings (SSSR count). The van der Waals surface area contributed by atoms with Crippen LogP contribution in [0.4, 0.5) is 36.1 Å². The number of hydrogen-bond donors (Lipinski definition) is 1. The number of anilines is 2. The Balaban J connectivity index is 2.80. The van der Waals surface area contributed by atoms with Crippen LogP contribution >= 0.6 is 39.1 Å². The van der Waals surface area contributed by atoms with Crippen LogP contribution in [-0.4, -0.2) is 14.8 Å². The van der Waals surface area contributed by atoms with Gasteiger partial charge in [0.1, 0.15) is 10.8 Å². The first-order valence-electron chi connectivity index (χ1n) is 6.24. The third-order valence-electron chi connectivity index (χ3n) is 2.95. The number of nitro benzene ring substituents is 2. The fourth-order valence-electron chi connectivity index (χ4n) is 1.90. The lowest BCUT2D eigenvalue weighted by atomic mass is 10.1. The minimum absolute atomic E-state index is 0.113. The molecule has 138 valence electrons. The van der Waals surface area contributed by atoms with Gasteiger partial charge in [-0.25, -0.2) is 4.98 Å². The van der Waals surface area contributed by atoms with E-state index >= 15 is 0 Å². The molecule has 0 spiro atoms. The smallest absolute Gasteiger partial charge is 0.328 e. The van der Waals surface area contributed by atoms with Crippen molar-refractivity contribution in [1.82, 2.24) is 4.98 Å². The Morgan fingerprint density at radius 3 is 2.23 bits per heavy atom. The monoisotopic (exact) mass is 474 g/mol. The number of hydrogen-bond acceptors (Lipinski definition) is 6. The van der Waals surface area contributed by atoms with E-state index in [-0.39, 0.29) is 21.4 Å². The third-order valence-corrected chi connectivity index (χ3v) is 4.15. The van der Waals surface area contributed by atoms with Crippen molar-refractivity contribution in [3.05, 3.63) is 58.6 Å². The fraction of sp³-hybridized carbons (Fsp3) is 0.0833. The molecule has 14 heteroatoms. The summed E-state index contributed by atoms with van der Waals surface area (Å²) in [4.78, 5) is 23.8. The van der Waals surface area contributed by atoms with E-state index in [1.54, 1.807) is 0 Å². The Labute approximate surface area is 160 Å². The molecule has 0 aliphatic rings. The number of nitrogens with one attached hydrogen (secondary N) is 1. The number of alkyl halides is 3. The molecule has 26 heavy (non-hydrogen) atoms. The number of nitrogens with zero attached hydrogens (tertiary/aromatic N) is 3. The zero-order valence-electron chi connectivity index (χ0n) is 12.0. The van der Waals surface area contributed by atoms with Crippen molar-refractivity contribution in [2.45, 2.75) is 6.18 Å². The predicted octanol–water partition coefficient (Wildman–Crippen LogP) is 5.73. The van der Waals surface area contributed by atoms with Gasteiger partial charge in [-0.05, 0) is 22.0 Å². The molecule has 2 aromatic rings. The van der Waals surface area contributed by atoms with E-state index in [9.17, 15) is 33.4 Å². The summed E-state index contributed by atoms with van der Waals surface area (Å²) < 4.78 is 39.2. The van der Waals surface area contributed by atoms with Crippen molar-refractivity contribution >= 4 is 62.0 Å². The van der Waals surface area contributed by atoms with E-state index in [2.05, 4.69) is 26.2 Å². The van der Waals surface area contributed by atoms with Gasteiger partial charge in [-0.3, -0.25) is 20.2 Å². The molecule has 0 amide bonds. The summed E-state index contributed by atoms with van der Waals surface area (Å²) in [5.74, 6) is -0.156. The maximum absolute atomic E-state index is 13.0. The first-order valence-corrected chi connectivity index (χ1v) is 7.79. The number of nitro groups is 2. The van der Waals surface area contributed by atoms with Gasteiger partial charge in [0.2, 0.25) is 0 Å². The minimum Gasteiger partial charge on any atom is -0.328 e. The average Bonchev–Trinajstić information content (AvgIpc) is 2.48. The molecular formula is C12H4BrCl2F3N4O4. The molecule has 0 atom stereocenters. The van der Waals surface area contributed by atoms with Gasteiger partial charge in [0.05, 0.1) is 24.9 Å². The molecule has 0 saturated carbocycles. The summed E-state index contributed by atoms with van der Waals surface area (Å²) in [6.07, 6.45) is -4.01. The molecule has 0 radical (unpaired) electrons. The van der Waals surface area contributed by atoms with Crippen LogP contribution in [0.15, 0.2) is 22.8 Å². The molecule has 0 fully saturated rings. The van der Waals surface area contributed by atoms with Gasteiger partial charge in [0.25, 0.3) is 0 Å². The Morgan fingerprint density at radius 2 is 1.77 bits per heavy atom. The number of aromatic nitrogens is 1. The number of halogens is 6. The van der Waals surface area contributed by atoms with Crippen molar-refractivity contribution in [1.29, 1.82) is 0 Å². The van der Waals surface area contributed by atoms with Crippen molar-refractivity contribution in [3.63, 3.8) is 0 Å². The lowest BCUT2D eigenvalue weighted by Crippen LogP contribution is -2.11. The highest BCUT2D eigenvalue weighted by molar-refractivity contribution is 9.10. The Morgan fingerprint density at radius 1 is 1.15 bits per heavy atom. The van der Waals surface area contributed by atoms with Crippen molar-refractivity contribution in [3.8, 4) is 0 Å². The summed E-state index contributed by atoms with van der Waals surface area (Å²) in [6.45, 7) is 0. The van der Waals surface area contributed by atoms with Crippen LogP contribution in [0.25, 0.3) is 0 Å². The highest BCUT2D eigenvalue weighted by Gasteiger charge is 2.42. The summed E-state index contributed by atoms with van der Waals surface area (Å²) in [7, 11) is 0. The molecule has 1 N–H and O–H groups in total. The van der Waals surface area contributed by atoms with E-state index in [1.165, 1.54) is 6.07 Å². The van der Waals surface area contributed by atoms with E-state index in [0.717, 1.165) is 6.20 Å². The second-order valence-electron chi connectivity index (χ2n) is 4.60. The molecule has 0 unspecified atom stereocenters. The van der Waals surface area contributed by atoms with Gasteiger partial charge >= 0.3 is 17.6 Å². The molecule has 0 saturated heterocycles. The average molecular weight is 476 g/mol. The normalized spacial score (nSPS) is 11.3. The highest BCUT2D eigenvalue weighted by Crippen LogP contribution is 2.48. The van der Waals surface area contributed by atoms with E-state index in [0.29, 0.717) is 0 Å². The summed E-state index contributed by atoms with van der Waals surface area (Å²) >= 11 is 14.3. The van der Waals surface area contributed by atoms with Gasteiger partial charge < -0.3 is 5.32 Å². The van der Waals surface area contributed by atoms with Crippen LogP contribution < -0.4 is 5.32 Å². The topological polar surface area (TPSA) is 111 Å². The van der Waals surface area contributed by atoms with Gasteiger partial charge in [0, 0.05) is 12.3 Å². The van der Waals surface area contributed by atoms with Crippen LogP contribution in [0.2, 0.25) is 10.0 Å². The molecule has 1 aromatic heterocycles. The standard InChI is InChI=1S/C12H4BrCl2F3N4O4/c13-6-1-4(14)3-19-11(6)20-9-7(21(23)24)2-5(12(16,17)18)8(15)10(9)22(25)26/h1-3H,(H,19,20). The predicted molar refractivity (Wildman–Crippen MR) is 90.0 cm³/mol. The lowest BCUT2D eigenvalue weighted by molar-refractivity contribution is -0.392. The van der Waals surface area contributed by atoms with Gasteiger partial charge in [-0.15, -0.1) is 0 Å². The maximum Gasteiger partial charge on any atom is 0.418 e. The molecule has 8 nitrogen and oxygen atoms in total.